The van der Waals surface area contributed by atoms with Crippen LogP contribution in [0.3, 0.4) is 0 Å². The van der Waals surface area contributed by atoms with Crippen LogP contribution in [0, 0.1) is 13.8 Å². The van der Waals surface area contributed by atoms with Crippen LogP contribution in [-0.4, -0.2) is 10.2 Å². The molecule has 21 heavy (non-hydrogen) atoms. The summed E-state index contributed by atoms with van der Waals surface area (Å²) < 4.78 is 6.70. The van der Waals surface area contributed by atoms with Crippen LogP contribution in [0.5, 0.6) is 0 Å². The van der Waals surface area contributed by atoms with Crippen LogP contribution in [0.25, 0.3) is 11.5 Å². The third kappa shape index (κ3) is 3.03. The summed E-state index contributed by atoms with van der Waals surface area (Å²) in [4.78, 5) is 0. The molecule has 2 aromatic heterocycles. The Morgan fingerprint density at radius 3 is 2.86 bits per heavy atom. The lowest BCUT2D eigenvalue weighted by atomic mass is 10.2. The minimum absolute atomic E-state index is 0.674. The SMILES string of the molecule is Cc1ccc(Br)c(NCc2cn[nH]c2-c2ccc(C)o2)c1. The first kappa shape index (κ1) is 13.9. The normalized spacial score (nSPS) is 10.8. The van der Waals surface area contributed by atoms with Gasteiger partial charge in [-0.2, -0.15) is 5.10 Å². The third-order valence-corrected chi connectivity index (χ3v) is 3.99. The van der Waals surface area contributed by atoms with Crippen molar-refractivity contribution >= 4 is 21.6 Å². The molecule has 0 saturated carbocycles. The van der Waals surface area contributed by atoms with E-state index in [-0.39, 0.29) is 0 Å². The van der Waals surface area contributed by atoms with Crippen LogP contribution in [-0.2, 0) is 6.54 Å². The predicted octanol–water partition coefficient (Wildman–Crippen LogP) is 4.66. The quantitative estimate of drug-likeness (QED) is 0.722. The molecule has 0 aliphatic rings. The standard InChI is InChI=1S/C16H16BrN3O/c1-10-3-5-13(17)14(7-10)18-8-12-9-19-20-16(12)15-6-4-11(2)21-15/h3-7,9,18H,8H2,1-2H3,(H,19,20). The van der Waals surface area contributed by atoms with Crippen LogP contribution in [0.1, 0.15) is 16.9 Å². The molecule has 108 valence electrons. The van der Waals surface area contributed by atoms with Gasteiger partial charge in [0.1, 0.15) is 11.5 Å². The Kier molecular flexibility index (Phi) is 3.84. The first-order chi connectivity index (χ1) is 10.1. The fourth-order valence-electron chi connectivity index (χ4n) is 2.19. The molecule has 0 aliphatic carbocycles. The molecule has 1 aromatic carbocycles. The minimum Gasteiger partial charge on any atom is -0.460 e. The van der Waals surface area contributed by atoms with Gasteiger partial charge in [-0.15, -0.1) is 0 Å². The molecule has 0 bridgehead atoms. The van der Waals surface area contributed by atoms with Gasteiger partial charge in [0.25, 0.3) is 0 Å². The smallest absolute Gasteiger partial charge is 0.152 e. The summed E-state index contributed by atoms with van der Waals surface area (Å²) in [6.45, 7) is 4.68. The lowest BCUT2D eigenvalue weighted by molar-refractivity contribution is 0.545. The maximum Gasteiger partial charge on any atom is 0.152 e. The molecule has 0 aliphatic heterocycles. The van der Waals surface area contributed by atoms with Crippen molar-refractivity contribution < 1.29 is 4.42 Å². The molecule has 5 heteroatoms. The van der Waals surface area contributed by atoms with Gasteiger partial charge < -0.3 is 9.73 Å². The van der Waals surface area contributed by atoms with Crippen molar-refractivity contribution in [1.29, 1.82) is 0 Å². The Bertz CT molecular complexity index is 760. The molecule has 0 amide bonds. The first-order valence-electron chi connectivity index (χ1n) is 6.72. The fourth-order valence-corrected chi connectivity index (χ4v) is 2.58. The number of rotatable bonds is 4. The second-order valence-electron chi connectivity index (χ2n) is 5.02. The molecule has 2 heterocycles. The zero-order valence-electron chi connectivity index (χ0n) is 11.9. The van der Waals surface area contributed by atoms with Crippen molar-refractivity contribution in [1.82, 2.24) is 10.2 Å². The average molecular weight is 346 g/mol. The largest absolute Gasteiger partial charge is 0.460 e. The van der Waals surface area contributed by atoms with E-state index in [1.165, 1.54) is 5.56 Å². The molecular formula is C16H16BrN3O. The molecule has 0 fully saturated rings. The summed E-state index contributed by atoms with van der Waals surface area (Å²) >= 11 is 3.56. The lowest BCUT2D eigenvalue weighted by Crippen LogP contribution is -2.00. The molecule has 3 rings (SSSR count). The summed E-state index contributed by atoms with van der Waals surface area (Å²) in [6.07, 6.45) is 1.82. The zero-order valence-corrected chi connectivity index (χ0v) is 13.5. The fraction of sp³-hybridized carbons (Fsp3) is 0.188. The van der Waals surface area contributed by atoms with E-state index in [1.807, 2.05) is 31.3 Å². The Hall–Kier alpha value is -2.01. The van der Waals surface area contributed by atoms with Crippen molar-refractivity contribution in [2.45, 2.75) is 20.4 Å². The van der Waals surface area contributed by atoms with Crippen molar-refractivity contribution in [3.63, 3.8) is 0 Å². The van der Waals surface area contributed by atoms with Crippen LogP contribution in [0.4, 0.5) is 5.69 Å². The van der Waals surface area contributed by atoms with Gasteiger partial charge in [-0.3, -0.25) is 5.10 Å². The van der Waals surface area contributed by atoms with Gasteiger partial charge in [-0.1, -0.05) is 6.07 Å². The number of benzene rings is 1. The minimum atomic E-state index is 0.674. The number of hydrogen-bond donors (Lipinski definition) is 2. The van der Waals surface area contributed by atoms with Gasteiger partial charge in [0, 0.05) is 22.3 Å². The Morgan fingerprint density at radius 1 is 1.24 bits per heavy atom. The summed E-state index contributed by atoms with van der Waals surface area (Å²) in [5.41, 5.74) is 4.27. The van der Waals surface area contributed by atoms with Gasteiger partial charge in [-0.05, 0) is 59.6 Å². The number of aromatic nitrogens is 2. The Balaban J connectivity index is 1.80. The second kappa shape index (κ2) is 5.77. The molecule has 2 N–H and O–H groups in total. The van der Waals surface area contributed by atoms with Gasteiger partial charge in [-0.25, -0.2) is 0 Å². The topological polar surface area (TPSA) is 53.9 Å². The lowest BCUT2D eigenvalue weighted by Gasteiger charge is -2.09. The number of furan rings is 1. The number of hydrogen-bond acceptors (Lipinski definition) is 3. The molecule has 0 radical (unpaired) electrons. The molecule has 3 aromatic rings. The highest BCUT2D eigenvalue weighted by Gasteiger charge is 2.11. The van der Waals surface area contributed by atoms with E-state index in [0.717, 1.165) is 32.9 Å². The van der Waals surface area contributed by atoms with Crippen molar-refractivity contribution in [3.8, 4) is 11.5 Å². The summed E-state index contributed by atoms with van der Waals surface area (Å²) in [5, 5.41) is 10.6. The van der Waals surface area contributed by atoms with Crippen molar-refractivity contribution in [2.24, 2.45) is 0 Å². The molecule has 0 saturated heterocycles. The van der Waals surface area contributed by atoms with E-state index in [2.05, 4.69) is 50.5 Å². The zero-order chi connectivity index (χ0) is 14.8. The summed E-state index contributed by atoms with van der Waals surface area (Å²) in [7, 11) is 0. The van der Waals surface area contributed by atoms with E-state index in [1.54, 1.807) is 0 Å². The summed E-state index contributed by atoms with van der Waals surface area (Å²) in [6, 6.07) is 10.1. The van der Waals surface area contributed by atoms with E-state index < -0.39 is 0 Å². The number of H-pyrrole nitrogens is 1. The van der Waals surface area contributed by atoms with Gasteiger partial charge in [0.05, 0.1) is 6.20 Å². The van der Waals surface area contributed by atoms with Crippen molar-refractivity contribution in [3.05, 3.63) is 57.9 Å². The highest BCUT2D eigenvalue weighted by Crippen LogP contribution is 2.27. The monoisotopic (exact) mass is 345 g/mol. The average Bonchev–Trinajstić information content (AvgIpc) is 3.08. The molecule has 0 atom stereocenters. The molecule has 4 nitrogen and oxygen atoms in total. The maximum absolute atomic E-state index is 5.66. The van der Waals surface area contributed by atoms with E-state index >= 15 is 0 Å². The number of nitrogens with one attached hydrogen (secondary N) is 2. The van der Waals surface area contributed by atoms with Crippen LogP contribution < -0.4 is 5.32 Å². The maximum atomic E-state index is 5.66. The van der Waals surface area contributed by atoms with E-state index in [0.29, 0.717) is 6.54 Å². The Morgan fingerprint density at radius 2 is 2.10 bits per heavy atom. The number of aromatic amines is 1. The van der Waals surface area contributed by atoms with Gasteiger partial charge in [0.15, 0.2) is 5.76 Å². The molecule has 0 spiro atoms. The predicted molar refractivity (Wildman–Crippen MR) is 87.2 cm³/mol. The number of anilines is 1. The number of nitrogens with zero attached hydrogens (tertiary/aromatic N) is 1. The van der Waals surface area contributed by atoms with Gasteiger partial charge >= 0.3 is 0 Å². The van der Waals surface area contributed by atoms with E-state index in [9.17, 15) is 0 Å². The molecule has 0 unspecified atom stereocenters. The number of aryl methyl sites for hydroxylation is 2. The number of halogens is 1. The Labute approximate surface area is 131 Å². The second-order valence-corrected chi connectivity index (χ2v) is 5.87. The van der Waals surface area contributed by atoms with Crippen molar-refractivity contribution in [2.75, 3.05) is 5.32 Å². The van der Waals surface area contributed by atoms with Gasteiger partial charge in [0.2, 0.25) is 0 Å². The highest BCUT2D eigenvalue weighted by atomic mass is 79.9. The first-order valence-corrected chi connectivity index (χ1v) is 7.52. The molecular weight excluding hydrogens is 330 g/mol. The third-order valence-electron chi connectivity index (χ3n) is 3.30. The summed E-state index contributed by atoms with van der Waals surface area (Å²) in [5.74, 6) is 1.70. The van der Waals surface area contributed by atoms with Crippen LogP contribution in [0.15, 0.2) is 45.4 Å². The highest BCUT2D eigenvalue weighted by molar-refractivity contribution is 9.10. The van der Waals surface area contributed by atoms with Crippen LogP contribution in [0.2, 0.25) is 0 Å². The van der Waals surface area contributed by atoms with E-state index in [4.69, 9.17) is 4.42 Å². The van der Waals surface area contributed by atoms with Crippen LogP contribution >= 0.6 is 15.9 Å².